The van der Waals surface area contributed by atoms with E-state index < -0.39 is 17.7 Å². The van der Waals surface area contributed by atoms with Crippen molar-refractivity contribution in [1.82, 2.24) is 5.32 Å². The lowest BCUT2D eigenvalue weighted by molar-refractivity contribution is 0.252. The Balaban J connectivity index is 1.65. The van der Waals surface area contributed by atoms with Gasteiger partial charge in [0, 0.05) is 24.1 Å². The Morgan fingerprint density at radius 2 is 1.86 bits per heavy atom. The van der Waals surface area contributed by atoms with Gasteiger partial charge < -0.3 is 10.6 Å². The van der Waals surface area contributed by atoms with E-state index in [4.69, 9.17) is 0 Å². The minimum atomic E-state index is -0.798. The lowest BCUT2D eigenvalue weighted by Gasteiger charge is -2.08. The highest BCUT2D eigenvalue weighted by Gasteiger charge is 2.07. The van der Waals surface area contributed by atoms with Gasteiger partial charge in [-0.15, -0.1) is 0 Å². The first kappa shape index (κ1) is 16.3. The Morgan fingerprint density at radius 3 is 2.59 bits per heavy atom. The summed E-state index contributed by atoms with van der Waals surface area (Å²) in [6, 6.07) is 12.5. The molecule has 0 aliphatic heterocycles. The van der Waals surface area contributed by atoms with E-state index in [-0.39, 0.29) is 5.69 Å². The monoisotopic (exact) mass is 322 g/mol. The minimum absolute atomic E-state index is 0.0455. The molecule has 116 valence electrons. The fourth-order valence-corrected chi connectivity index (χ4v) is 2.58. The van der Waals surface area contributed by atoms with Crippen LogP contribution in [0, 0.1) is 11.6 Å². The maximum atomic E-state index is 13.4. The number of hydrogen-bond donors (Lipinski definition) is 2. The highest BCUT2D eigenvalue weighted by molar-refractivity contribution is 7.98. The quantitative estimate of drug-likeness (QED) is 0.789. The van der Waals surface area contributed by atoms with Crippen LogP contribution in [0.1, 0.15) is 5.56 Å². The van der Waals surface area contributed by atoms with Crippen LogP contribution in [-0.2, 0) is 5.75 Å². The molecule has 0 unspecified atom stereocenters. The topological polar surface area (TPSA) is 41.1 Å². The summed E-state index contributed by atoms with van der Waals surface area (Å²) in [6.45, 7) is 0.464. The van der Waals surface area contributed by atoms with Crippen LogP contribution in [0.2, 0.25) is 0 Å². The zero-order valence-corrected chi connectivity index (χ0v) is 12.6. The molecule has 2 rings (SSSR count). The van der Waals surface area contributed by atoms with E-state index in [1.807, 2.05) is 30.3 Å². The molecule has 0 saturated carbocycles. The van der Waals surface area contributed by atoms with Gasteiger partial charge in [0.2, 0.25) is 0 Å². The standard InChI is InChI=1S/C16H16F2N2OS/c17-13-6-7-15(14(18)10-13)20-16(21)19-8-9-22-11-12-4-2-1-3-5-12/h1-7,10H,8-9,11H2,(H2,19,20,21). The molecule has 0 fully saturated rings. The third kappa shape index (κ3) is 5.37. The maximum Gasteiger partial charge on any atom is 0.319 e. The summed E-state index contributed by atoms with van der Waals surface area (Å²) in [7, 11) is 0. The second-order valence-corrected chi connectivity index (χ2v) is 5.65. The fourth-order valence-electron chi connectivity index (χ4n) is 1.76. The van der Waals surface area contributed by atoms with E-state index in [9.17, 15) is 13.6 Å². The van der Waals surface area contributed by atoms with E-state index >= 15 is 0 Å². The van der Waals surface area contributed by atoms with E-state index in [0.29, 0.717) is 6.54 Å². The number of amides is 2. The van der Waals surface area contributed by atoms with Crippen LogP contribution in [0.4, 0.5) is 19.3 Å². The van der Waals surface area contributed by atoms with Gasteiger partial charge in [0.1, 0.15) is 11.6 Å². The van der Waals surface area contributed by atoms with E-state index in [1.54, 1.807) is 11.8 Å². The SMILES string of the molecule is O=C(NCCSCc1ccccc1)Nc1ccc(F)cc1F. The van der Waals surface area contributed by atoms with Crippen LogP contribution >= 0.6 is 11.8 Å². The summed E-state index contributed by atoms with van der Waals surface area (Å²) in [5, 5.41) is 4.97. The number of halogens is 2. The summed E-state index contributed by atoms with van der Waals surface area (Å²) in [4.78, 5) is 11.6. The van der Waals surface area contributed by atoms with Crippen LogP contribution < -0.4 is 10.6 Å². The Bertz CT molecular complexity index is 623. The van der Waals surface area contributed by atoms with Gasteiger partial charge >= 0.3 is 6.03 Å². The van der Waals surface area contributed by atoms with Crippen molar-refractivity contribution in [2.45, 2.75) is 5.75 Å². The Morgan fingerprint density at radius 1 is 1.09 bits per heavy atom. The molecule has 0 aromatic heterocycles. The molecule has 3 nitrogen and oxygen atoms in total. The first-order chi connectivity index (χ1) is 10.6. The van der Waals surface area contributed by atoms with Crippen molar-refractivity contribution >= 4 is 23.5 Å². The molecule has 2 aromatic rings. The summed E-state index contributed by atoms with van der Waals surface area (Å²) >= 11 is 1.69. The first-order valence-electron chi connectivity index (χ1n) is 6.77. The van der Waals surface area contributed by atoms with Gasteiger partial charge in [-0.05, 0) is 17.7 Å². The van der Waals surface area contributed by atoms with E-state index in [0.717, 1.165) is 23.6 Å². The van der Waals surface area contributed by atoms with Crippen molar-refractivity contribution in [3.8, 4) is 0 Å². The van der Waals surface area contributed by atoms with E-state index in [2.05, 4.69) is 10.6 Å². The molecule has 0 bridgehead atoms. The van der Waals surface area contributed by atoms with Crippen molar-refractivity contribution in [2.24, 2.45) is 0 Å². The predicted molar refractivity (Wildman–Crippen MR) is 86.0 cm³/mol. The second-order valence-electron chi connectivity index (χ2n) is 4.54. The minimum Gasteiger partial charge on any atom is -0.337 e. The number of thioether (sulfide) groups is 1. The van der Waals surface area contributed by atoms with Crippen LogP contribution in [0.3, 0.4) is 0 Å². The van der Waals surface area contributed by atoms with Crippen LogP contribution in [-0.4, -0.2) is 18.3 Å². The second kappa shape index (κ2) is 8.38. The molecule has 2 amide bonds. The summed E-state index contributed by atoms with van der Waals surface area (Å²) in [6.07, 6.45) is 0. The molecular weight excluding hydrogens is 306 g/mol. The zero-order valence-electron chi connectivity index (χ0n) is 11.8. The molecule has 0 radical (unpaired) electrons. The van der Waals surface area contributed by atoms with Gasteiger partial charge in [-0.2, -0.15) is 11.8 Å². The predicted octanol–water partition coefficient (Wildman–Crippen LogP) is 4.02. The number of carbonyl (C=O) groups excluding carboxylic acids is 1. The molecule has 0 heterocycles. The van der Waals surface area contributed by atoms with Crippen molar-refractivity contribution in [3.63, 3.8) is 0 Å². The molecule has 0 aliphatic rings. The lowest BCUT2D eigenvalue weighted by atomic mass is 10.2. The summed E-state index contributed by atoms with van der Waals surface area (Å²) < 4.78 is 26.1. The zero-order chi connectivity index (χ0) is 15.8. The Labute approximate surface area is 132 Å². The van der Waals surface area contributed by atoms with Crippen LogP contribution in [0.25, 0.3) is 0 Å². The maximum absolute atomic E-state index is 13.4. The molecule has 0 aliphatic carbocycles. The molecule has 2 N–H and O–H groups in total. The number of nitrogens with one attached hydrogen (secondary N) is 2. The van der Waals surface area contributed by atoms with Gasteiger partial charge in [-0.25, -0.2) is 13.6 Å². The van der Waals surface area contributed by atoms with Crippen molar-refractivity contribution < 1.29 is 13.6 Å². The molecule has 0 atom stereocenters. The first-order valence-corrected chi connectivity index (χ1v) is 7.92. The number of benzene rings is 2. The summed E-state index contributed by atoms with van der Waals surface area (Å²) in [5.41, 5.74) is 1.18. The molecule has 0 spiro atoms. The largest absolute Gasteiger partial charge is 0.337 e. The van der Waals surface area contributed by atoms with Gasteiger partial charge in [0.15, 0.2) is 0 Å². The molecule has 2 aromatic carbocycles. The summed E-state index contributed by atoms with van der Waals surface area (Å²) in [5.74, 6) is 0.139. The lowest BCUT2D eigenvalue weighted by Crippen LogP contribution is -2.30. The third-order valence-electron chi connectivity index (χ3n) is 2.82. The average molecular weight is 322 g/mol. The average Bonchev–Trinajstić information content (AvgIpc) is 2.51. The van der Waals surface area contributed by atoms with Gasteiger partial charge in [0.25, 0.3) is 0 Å². The molecule has 0 saturated heterocycles. The van der Waals surface area contributed by atoms with Crippen LogP contribution in [0.15, 0.2) is 48.5 Å². The number of urea groups is 1. The highest BCUT2D eigenvalue weighted by Crippen LogP contribution is 2.14. The molecule has 6 heteroatoms. The van der Waals surface area contributed by atoms with Crippen molar-refractivity contribution in [1.29, 1.82) is 0 Å². The van der Waals surface area contributed by atoms with E-state index in [1.165, 1.54) is 11.6 Å². The fraction of sp³-hybridized carbons (Fsp3) is 0.188. The van der Waals surface area contributed by atoms with Crippen molar-refractivity contribution in [3.05, 3.63) is 65.7 Å². The number of anilines is 1. The molecule has 22 heavy (non-hydrogen) atoms. The number of hydrogen-bond acceptors (Lipinski definition) is 2. The Kier molecular flexibility index (Phi) is 6.21. The highest BCUT2D eigenvalue weighted by atomic mass is 32.2. The Hall–Kier alpha value is -2.08. The van der Waals surface area contributed by atoms with Gasteiger partial charge in [-0.1, -0.05) is 30.3 Å². The number of carbonyl (C=O) groups is 1. The van der Waals surface area contributed by atoms with Crippen molar-refractivity contribution in [2.75, 3.05) is 17.6 Å². The van der Waals surface area contributed by atoms with Gasteiger partial charge in [-0.3, -0.25) is 0 Å². The van der Waals surface area contributed by atoms with Crippen LogP contribution in [0.5, 0.6) is 0 Å². The third-order valence-corrected chi connectivity index (χ3v) is 3.85. The normalized spacial score (nSPS) is 10.3. The molecular formula is C16H16F2N2OS. The number of rotatable bonds is 6. The smallest absolute Gasteiger partial charge is 0.319 e. The van der Waals surface area contributed by atoms with Gasteiger partial charge in [0.05, 0.1) is 5.69 Å².